The minimum Gasteiger partial charge on any atom is -0.489 e. The average Bonchev–Trinajstić information content (AvgIpc) is 2.88. The number of esters is 1. The van der Waals surface area contributed by atoms with E-state index in [1.807, 2.05) is 36.4 Å². The van der Waals surface area contributed by atoms with Gasteiger partial charge in [0.15, 0.2) is 0 Å². The van der Waals surface area contributed by atoms with Crippen LogP contribution in [0.1, 0.15) is 21.5 Å². The van der Waals surface area contributed by atoms with Gasteiger partial charge in [-0.25, -0.2) is 4.79 Å². The van der Waals surface area contributed by atoms with Crippen LogP contribution < -0.4 is 9.47 Å². The lowest BCUT2D eigenvalue weighted by molar-refractivity contribution is -0.384. The van der Waals surface area contributed by atoms with Crippen molar-refractivity contribution in [1.82, 2.24) is 0 Å². The lowest BCUT2D eigenvalue weighted by Crippen LogP contribution is -2.05. The summed E-state index contributed by atoms with van der Waals surface area (Å²) in [5.41, 5.74) is 2.19. The number of hydrogen-bond donors (Lipinski definition) is 0. The van der Waals surface area contributed by atoms with Crippen LogP contribution in [0.3, 0.4) is 0 Å². The van der Waals surface area contributed by atoms with Crippen LogP contribution in [0.2, 0.25) is 0 Å². The molecule has 0 bridgehead atoms. The van der Waals surface area contributed by atoms with E-state index in [0.717, 1.165) is 21.3 Å². The van der Waals surface area contributed by atoms with Crippen molar-refractivity contribution in [3.05, 3.63) is 128 Å². The molecular formula is C27H20BrNO6. The van der Waals surface area contributed by atoms with Gasteiger partial charge in [-0.15, -0.1) is 0 Å². The fourth-order valence-electron chi connectivity index (χ4n) is 3.09. The highest BCUT2D eigenvalue weighted by Crippen LogP contribution is 2.24. The Morgan fingerprint density at radius 2 is 1.23 bits per heavy atom. The van der Waals surface area contributed by atoms with Crippen LogP contribution in [-0.2, 0) is 18.0 Å². The van der Waals surface area contributed by atoms with Gasteiger partial charge in [0, 0.05) is 16.6 Å². The van der Waals surface area contributed by atoms with Crippen molar-refractivity contribution in [3.63, 3.8) is 0 Å². The minimum absolute atomic E-state index is 0.00166. The van der Waals surface area contributed by atoms with Crippen LogP contribution in [0.25, 0.3) is 0 Å². The van der Waals surface area contributed by atoms with Crippen molar-refractivity contribution in [1.29, 1.82) is 0 Å². The first-order valence-corrected chi connectivity index (χ1v) is 11.4. The lowest BCUT2D eigenvalue weighted by Gasteiger charge is -2.09. The maximum Gasteiger partial charge on any atom is 0.338 e. The number of hydrogen-bond acceptors (Lipinski definition) is 6. The molecule has 0 saturated heterocycles. The van der Waals surface area contributed by atoms with Crippen LogP contribution in [0, 0.1) is 10.1 Å². The summed E-state index contributed by atoms with van der Waals surface area (Å²) in [6, 6.07) is 27.6. The summed E-state index contributed by atoms with van der Waals surface area (Å²) >= 11 is 3.39. The van der Waals surface area contributed by atoms with Crippen molar-refractivity contribution >= 4 is 27.6 Å². The Morgan fingerprint density at radius 1 is 0.714 bits per heavy atom. The van der Waals surface area contributed by atoms with Crippen molar-refractivity contribution < 1.29 is 23.9 Å². The second-order valence-corrected chi connectivity index (χ2v) is 8.43. The highest BCUT2D eigenvalue weighted by Gasteiger charge is 2.09. The number of non-ortho nitro benzene ring substituents is 1. The molecule has 0 spiro atoms. The van der Waals surface area contributed by atoms with E-state index in [0.29, 0.717) is 23.7 Å². The summed E-state index contributed by atoms with van der Waals surface area (Å²) in [5.74, 6) is 1.40. The second-order valence-electron chi connectivity index (χ2n) is 7.51. The van der Waals surface area contributed by atoms with Crippen molar-refractivity contribution in [3.8, 4) is 17.2 Å². The predicted molar refractivity (Wildman–Crippen MR) is 134 cm³/mol. The van der Waals surface area contributed by atoms with Crippen molar-refractivity contribution in [2.75, 3.05) is 0 Å². The number of halogens is 1. The van der Waals surface area contributed by atoms with Crippen LogP contribution in [-0.4, -0.2) is 10.9 Å². The number of nitro groups is 1. The number of benzene rings is 4. The van der Waals surface area contributed by atoms with Gasteiger partial charge in [0.25, 0.3) is 5.69 Å². The number of rotatable bonds is 9. The Balaban J connectivity index is 1.25. The van der Waals surface area contributed by atoms with Gasteiger partial charge in [-0.2, -0.15) is 0 Å². The van der Waals surface area contributed by atoms with E-state index in [4.69, 9.17) is 14.2 Å². The van der Waals surface area contributed by atoms with Gasteiger partial charge in [0.05, 0.1) is 10.5 Å². The quantitative estimate of drug-likeness (QED) is 0.130. The number of ether oxygens (including phenoxy) is 3. The minimum atomic E-state index is -0.464. The molecule has 0 aliphatic heterocycles. The van der Waals surface area contributed by atoms with E-state index >= 15 is 0 Å². The molecule has 4 aromatic carbocycles. The van der Waals surface area contributed by atoms with Gasteiger partial charge in [-0.1, -0.05) is 40.2 Å². The molecule has 0 saturated carbocycles. The largest absolute Gasteiger partial charge is 0.489 e. The normalized spacial score (nSPS) is 10.4. The fraction of sp³-hybridized carbons (Fsp3) is 0.0741. The monoisotopic (exact) mass is 533 g/mol. The molecule has 35 heavy (non-hydrogen) atoms. The summed E-state index contributed by atoms with van der Waals surface area (Å²) in [6.45, 7) is 0.510. The first-order chi connectivity index (χ1) is 17.0. The molecular weight excluding hydrogens is 514 g/mol. The second kappa shape index (κ2) is 11.3. The molecule has 0 radical (unpaired) electrons. The zero-order valence-corrected chi connectivity index (χ0v) is 20.0. The molecule has 176 valence electrons. The highest BCUT2D eigenvalue weighted by atomic mass is 79.9. The summed E-state index contributed by atoms with van der Waals surface area (Å²) in [6.07, 6.45) is 0. The van der Waals surface area contributed by atoms with Gasteiger partial charge in [-0.3, -0.25) is 10.1 Å². The van der Waals surface area contributed by atoms with E-state index in [1.165, 1.54) is 24.3 Å². The van der Waals surface area contributed by atoms with Gasteiger partial charge in [-0.05, 0) is 71.8 Å². The van der Waals surface area contributed by atoms with Crippen molar-refractivity contribution in [2.24, 2.45) is 0 Å². The molecule has 4 rings (SSSR count). The van der Waals surface area contributed by atoms with E-state index in [1.54, 1.807) is 36.4 Å². The zero-order chi connectivity index (χ0) is 24.6. The Kier molecular flexibility index (Phi) is 7.74. The van der Waals surface area contributed by atoms with Crippen LogP contribution in [0.4, 0.5) is 5.69 Å². The van der Waals surface area contributed by atoms with E-state index in [2.05, 4.69) is 15.9 Å². The Bertz CT molecular complexity index is 1290. The van der Waals surface area contributed by atoms with Gasteiger partial charge in [0.1, 0.15) is 30.5 Å². The summed E-state index contributed by atoms with van der Waals surface area (Å²) in [4.78, 5) is 22.7. The lowest BCUT2D eigenvalue weighted by atomic mass is 10.1. The van der Waals surface area contributed by atoms with Gasteiger partial charge in [0.2, 0.25) is 0 Å². The van der Waals surface area contributed by atoms with Crippen LogP contribution in [0.15, 0.2) is 102 Å². The third-order valence-corrected chi connectivity index (χ3v) is 5.51. The first kappa shape index (κ1) is 24.0. The zero-order valence-electron chi connectivity index (χ0n) is 18.4. The van der Waals surface area contributed by atoms with E-state index in [9.17, 15) is 14.9 Å². The first-order valence-electron chi connectivity index (χ1n) is 10.6. The molecule has 0 aliphatic carbocycles. The molecule has 0 fully saturated rings. The molecule has 0 N–H and O–H groups in total. The van der Waals surface area contributed by atoms with Gasteiger partial charge >= 0.3 is 5.97 Å². The average molecular weight is 534 g/mol. The topological polar surface area (TPSA) is 87.9 Å². The number of carbonyl (C=O) groups excluding carboxylic acids is 1. The molecule has 0 unspecified atom stereocenters. The predicted octanol–water partition coefficient (Wildman–Crippen LogP) is 7.09. The highest BCUT2D eigenvalue weighted by molar-refractivity contribution is 9.10. The maximum absolute atomic E-state index is 12.4. The van der Waals surface area contributed by atoms with Crippen LogP contribution >= 0.6 is 15.9 Å². The number of nitro benzene ring substituents is 1. The standard InChI is InChI=1S/C27H20BrNO6/c28-22-7-13-24(14-8-22)33-17-19-1-5-21(6-2-19)27(30)34-18-20-3-11-25(12-4-20)35-26-15-9-23(10-16-26)29(31)32/h1-16H,17-18H2. The molecule has 0 heterocycles. The summed E-state index contributed by atoms with van der Waals surface area (Å²) in [7, 11) is 0. The summed E-state index contributed by atoms with van der Waals surface area (Å²) < 4.78 is 17.8. The number of nitrogens with zero attached hydrogens (tertiary/aromatic N) is 1. The Hall–Kier alpha value is -4.17. The SMILES string of the molecule is O=C(OCc1ccc(Oc2ccc([N+](=O)[O-])cc2)cc1)c1ccc(COc2ccc(Br)cc2)cc1. The molecule has 0 amide bonds. The van der Waals surface area contributed by atoms with E-state index < -0.39 is 10.9 Å². The molecule has 7 nitrogen and oxygen atoms in total. The Labute approximate surface area is 210 Å². The number of carbonyl (C=O) groups is 1. The summed E-state index contributed by atoms with van der Waals surface area (Å²) in [5, 5.41) is 10.7. The van der Waals surface area contributed by atoms with Crippen LogP contribution in [0.5, 0.6) is 17.2 Å². The maximum atomic E-state index is 12.4. The van der Waals surface area contributed by atoms with Gasteiger partial charge < -0.3 is 14.2 Å². The molecule has 0 atom stereocenters. The Morgan fingerprint density at radius 3 is 1.83 bits per heavy atom. The molecule has 4 aromatic rings. The van der Waals surface area contributed by atoms with Crippen molar-refractivity contribution in [2.45, 2.75) is 13.2 Å². The third kappa shape index (κ3) is 6.91. The molecule has 0 aliphatic rings. The molecule has 0 aromatic heterocycles. The fourth-order valence-corrected chi connectivity index (χ4v) is 3.36. The smallest absolute Gasteiger partial charge is 0.338 e. The third-order valence-electron chi connectivity index (χ3n) is 4.99. The molecule has 8 heteroatoms. The van der Waals surface area contributed by atoms with E-state index in [-0.39, 0.29) is 12.3 Å².